The number of rotatable bonds is 6. The van der Waals surface area contributed by atoms with Gasteiger partial charge in [0.15, 0.2) is 0 Å². The van der Waals surface area contributed by atoms with Crippen LogP contribution >= 0.6 is 0 Å². The van der Waals surface area contributed by atoms with Gasteiger partial charge in [0.05, 0.1) is 6.10 Å². The van der Waals surface area contributed by atoms with E-state index in [9.17, 15) is 19.2 Å². The SMILES string of the molecule is CC(CC1=CC(=O)N(C(C)C)C1=O)C(C)ON1C(=O)CCC1=O. The summed E-state index contributed by atoms with van der Waals surface area (Å²) in [4.78, 5) is 53.9. The Labute approximate surface area is 135 Å². The van der Waals surface area contributed by atoms with Gasteiger partial charge in [-0.2, -0.15) is 5.06 Å². The highest BCUT2D eigenvalue weighted by Gasteiger charge is 2.36. The van der Waals surface area contributed by atoms with Crippen molar-refractivity contribution < 1.29 is 24.0 Å². The fourth-order valence-corrected chi connectivity index (χ4v) is 2.63. The van der Waals surface area contributed by atoms with Crippen LogP contribution in [-0.2, 0) is 24.0 Å². The molecular weight excluding hydrogens is 300 g/mol. The molecule has 0 aliphatic carbocycles. The first-order valence-electron chi connectivity index (χ1n) is 7.83. The average molecular weight is 322 g/mol. The van der Waals surface area contributed by atoms with E-state index in [2.05, 4.69) is 0 Å². The maximum atomic E-state index is 12.2. The Balaban J connectivity index is 1.96. The van der Waals surface area contributed by atoms with Crippen molar-refractivity contribution in [2.24, 2.45) is 5.92 Å². The number of amides is 4. The number of hydrogen-bond donors (Lipinski definition) is 0. The number of carbonyl (C=O) groups excluding carboxylic acids is 4. The molecule has 0 N–H and O–H groups in total. The summed E-state index contributed by atoms with van der Waals surface area (Å²) in [7, 11) is 0. The predicted octanol–water partition coefficient (Wildman–Crippen LogP) is 1.19. The molecule has 0 radical (unpaired) electrons. The first kappa shape index (κ1) is 17.3. The molecule has 0 bridgehead atoms. The van der Waals surface area contributed by atoms with Crippen LogP contribution in [0.2, 0.25) is 0 Å². The van der Waals surface area contributed by atoms with Gasteiger partial charge in [-0.15, -0.1) is 0 Å². The quantitative estimate of drug-likeness (QED) is 0.686. The summed E-state index contributed by atoms with van der Waals surface area (Å²) in [6.07, 6.45) is 1.61. The second-order valence-corrected chi connectivity index (χ2v) is 6.35. The molecule has 0 spiro atoms. The molecule has 0 saturated carbocycles. The standard InChI is InChI=1S/C16H22N2O5/c1-9(2)17-15(21)8-12(16(17)22)7-10(3)11(4)23-18-13(19)5-6-14(18)20/h8-11H,5-7H2,1-4H3. The Kier molecular flexibility index (Phi) is 4.99. The molecule has 126 valence electrons. The van der Waals surface area contributed by atoms with Crippen molar-refractivity contribution in [1.82, 2.24) is 9.96 Å². The van der Waals surface area contributed by atoms with Crippen LogP contribution in [0.25, 0.3) is 0 Å². The van der Waals surface area contributed by atoms with E-state index in [1.54, 1.807) is 20.8 Å². The Morgan fingerprint density at radius 3 is 2.09 bits per heavy atom. The third-order valence-corrected chi connectivity index (χ3v) is 4.17. The molecule has 2 atom stereocenters. The molecule has 2 aliphatic rings. The Morgan fingerprint density at radius 1 is 1.04 bits per heavy atom. The first-order chi connectivity index (χ1) is 10.7. The first-order valence-corrected chi connectivity index (χ1v) is 7.83. The van der Waals surface area contributed by atoms with Crippen LogP contribution in [-0.4, -0.2) is 45.7 Å². The van der Waals surface area contributed by atoms with Crippen molar-refractivity contribution >= 4 is 23.6 Å². The maximum absolute atomic E-state index is 12.2. The number of hydrogen-bond acceptors (Lipinski definition) is 5. The normalized spacial score (nSPS) is 21.5. The maximum Gasteiger partial charge on any atom is 0.257 e. The van der Waals surface area contributed by atoms with Gasteiger partial charge < -0.3 is 0 Å². The van der Waals surface area contributed by atoms with Crippen molar-refractivity contribution in [1.29, 1.82) is 0 Å². The second kappa shape index (κ2) is 6.62. The molecule has 7 nitrogen and oxygen atoms in total. The lowest BCUT2D eigenvalue weighted by atomic mass is 9.96. The molecule has 0 aromatic carbocycles. The van der Waals surface area contributed by atoms with Gasteiger partial charge in [0.2, 0.25) is 0 Å². The Morgan fingerprint density at radius 2 is 1.61 bits per heavy atom. The van der Waals surface area contributed by atoms with Gasteiger partial charge in [-0.3, -0.25) is 28.9 Å². The third kappa shape index (κ3) is 3.50. The van der Waals surface area contributed by atoms with E-state index in [0.717, 1.165) is 5.06 Å². The van der Waals surface area contributed by atoms with Gasteiger partial charge in [-0.25, -0.2) is 0 Å². The van der Waals surface area contributed by atoms with Crippen molar-refractivity contribution in [3.63, 3.8) is 0 Å². The zero-order valence-corrected chi connectivity index (χ0v) is 13.9. The molecule has 1 saturated heterocycles. The lowest BCUT2D eigenvalue weighted by molar-refractivity contribution is -0.206. The monoisotopic (exact) mass is 322 g/mol. The summed E-state index contributed by atoms with van der Waals surface area (Å²) in [5.74, 6) is -1.40. The van der Waals surface area contributed by atoms with Crippen molar-refractivity contribution in [2.45, 2.75) is 59.1 Å². The van der Waals surface area contributed by atoms with Gasteiger partial charge in [0.25, 0.3) is 23.6 Å². The second-order valence-electron chi connectivity index (χ2n) is 6.35. The molecule has 2 heterocycles. The third-order valence-electron chi connectivity index (χ3n) is 4.17. The van der Waals surface area contributed by atoms with Crippen molar-refractivity contribution in [3.05, 3.63) is 11.6 Å². The van der Waals surface area contributed by atoms with Gasteiger partial charge in [-0.1, -0.05) is 6.92 Å². The smallest absolute Gasteiger partial charge is 0.257 e. The topological polar surface area (TPSA) is 84.0 Å². The van der Waals surface area contributed by atoms with E-state index in [4.69, 9.17) is 4.84 Å². The lowest BCUT2D eigenvalue weighted by Crippen LogP contribution is -2.38. The molecular formula is C16H22N2O5. The minimum absolute atomic E-state index is 0.133. The van der Waals surface area contributed by atoms with Crippen LogP contribution in [0.1, 0.15) is 47.0 Å². The summed E-state index contributed by atoms with van der Waals surface area (Å²) in [5, 5.41) is 0.817. The van der Waals surface area contributed by atoms with E-state index in [0.29, 0.717) is 12.0 Å². The summed E-state index contributed by atoms with van der Waals surface area (Å²) < 4.78 is 0. The van der Waals surface area contributed by atoms with Crippen LogP contribution in [0.15, 0.2) is 11.6 Å². The minimum Gasteiger partial charge on any atom is -0.273 e. The fourth-order valence-electron chi connectivity index (χ4n) is 2.63. The highest BCUT2D eigenvalue weighted by molar-refractivity contribution is 6.16. The molecule has 7 heteroatoms. The van der Waals surface area contributed by atoms with Gasteiger partial charge in [-0.05, 0) is 33.1 Å². The number of nitrogens with zero attached hydrogens (tertiary/aromatic N) is 2. The van der Waals surface area contributed by atoms with Crippen LogP contribution < -0.4 is 0 Å². The van der Waals surface area contributed by atoms with E-state index in [1.807, 2.05) is 6.92 Å². The Bertz CT molecular complexity index is 565. The highest BCUT2D eigenvalue weighted by atomic mass is 16.7. The summed E-state index contributed by atoms with van der Waals surface area (Å²) >= 11 is 0. The van der Waals surface area contributed by atoms with Crippen LogP contribution in [0.3, 0.4) is 0 Å². The fraction of sp³-hybridized carbons (Fsp3) is 0.625. The molecule has 2 rings (SSSR count). The van der Waals surface area contributed by atoms with Gasteiger partial charge in [0, 0.05) is 30.5 Å². The highest BCUT2D eigenvalue weighted by Crippen LogP contribution is 2.26. The molecule has 1 fully saturated rings. The summed E-state index contributed by atoms with van der Waals surface area (Å²) in [6, 6.07) is -0.187. The number of carbonyl (C=O) groups is 4. The van der Waals surface area contributed by atoms with E-state index in [-0.39, 0.29) is 48.4 Å². The van der Waals surface area contributed by atoms with Crippen molar-refractivity contribution in [2.75, 3.05) is 0 Å². The molecule has 23 heavy (non-hydrogen) atoms. The zero-order chi connectivity index (χ0) is 17.3. The van der Waals surface area contributed by atoms with E-state index in [1.165, 1.54) is 11.0 Å². The minimum atomic E-state index is -0.432. The molecule has 2 aliphatic heterocycles. The largest absolute Gasteiger partial charge is 0.273 e. The number of hydroxylamine groups is 2. The number of imide groups is 2. The predicted molar refractivity (Wildman–Crippen MR) is 80.5 cm³/mol. The van der Waals surface area contributed by atoms with Crippen LogP contribution in [0, 0.1) is 5.92 Å². The zero-order valence-electron chi connectivity index (χ0n) is 13.9. The van der Waals surface area contributed by atoms with Crippen LogP contribution in [0.4, 0.5) is 0 Å². The van der Waals surface area contributed by atoms with E-state index >= 15 is 0 Å². The van der Waals surface area contributed by atoms with Gasteiger partial charge >= 0.3 is 0 Å². The molecule has 0 aromatic heterocycles. The van der Waals surface area contributed by atoms with E-state index < -0.39 is 6.10 Å². The summed E-state index contributed by atoms with van der Waals surface area (Å²) in [6.45, 7) is 7.16. The molecule has 4 amide bonds. The molecule has 2 unspecified atom stereocenters. The van der Waals surface area contributed by atoms with Gasteiger partial charge in [0.1, 0.15) is 0 Å². The van der Waals surface area contributed by atoms with Crippen LogP contribution in [0.5, 0.6) is 0 Å². The summed E-state index contributed by atoms with van der Waals surface area (Å²) in [5.41, 5.74) is 0.436. The Hall–Kier alpha value is -2.02. The average Bonchev–Trinajstić information content (AvgIpc) is 2.92. The van der Waals surface area contributed by atoms with Crippen molar-refractivity contribution in [3.8, 4) is 0 Å². The lowest BCUT2D eigenvalue weighted by Gasteiger charge is -2.25. The molecule has 0 aromatic rings.